The smallest absolute Gasteiger partial charge is 0.241 e. The number of hydrogen-bond acceptors (Lipinski definition) is 4. The predicted molar refractivity (Wildman–Crippen MR) is 172 cm³/mol. The second-order valence-corrected chi connectivity index (χ2v) is 13.5. The van der Waals surface area contributed by atoms with Gasteiger partial charge in [-0.3, -0.25) is 0 Å². The summed E-state index contributed by atoms with van der Waals surface area (Å²) in [6.45, 7) is 11.4. The molecular formula is C34H30N2O4S2. The molecule has 0 N–H and O–H groups in total. The Hall–Kier alpha value is -4.66. The van der Waals surface area contributed by atoms with E-state index in [-0.39, 0.29) is 9.79 Å². The predicted octanol–water partition coefficient (Wildman–Crippen LogP) is 7.66. The Bertz CT molecular complexity index is 2000. The molecule has 2 aromatic heterocycles. The van der Waals surface area contributed by atoms with Crippen molar-refractivity contribution >= 4 is 54.0 Å². The first kappa shape index (κ1) is 28.9. The average molecular weight is 595 g/mol. The lowest BCUT2D eigenvalue weighted by Gasteiger charge is -2.07. The van der Waals surface area contributed by atoms with Crippen LogP contribution in [0.25, 0.3) is 34.0 Å². The van der Waals surface area contributed by atoms with Gasteiger partial charge in [0.1, 0.15) is 0 Å². The molecule has 0 bridgehead atoms. The van der Waals surface area contributed by atoms with Crippen LogP contribution in [0.4, 0.5) is 0 Å². The van der Waals surface area contributed by atoms with E-state index in [0.29, 0.717) is 11.0 Å². The molecule has 6 aromatic rings. The standard InChI is InChI=1S/2C17H15NO2S/c2*1-3-14-12-18(17-7-5-4-6-16(14)17)21(19,20)15-10-8-13(2)9-11-15/h2*3-12H,1H2,2H3. The molecule has 0 amide bonds. The molecule has 0 aliphatic carbocycles. The number of nitrogens with zero attached hydrogens (tertiary/aromatic N) is 2. The molecule has 0 aliphatic rings. The molecule has 212 valence electrons. The largest absolute Gasteiger partial charge is 0.268 e. The van der Waals surface area contributed by atoms with E-state index >= 15 is 0 Å². The van der Waals surface area contributed by atoms with Gasteiger partial charge < -0.3 is 0 Å². The van der Waals surface area contributed by atoms with Gasteiger partial charge in [-0.1, -0.05) is 97.1 Å². The zero-order chi connectivity index (χ0) is 30.1. The fourth-order valence-corrected chi connectivity index (χ4v) is 7.48. The summed E-state index contributed by atoms with van der Waals surface area (Å²) in [7, 11) is -7.21. The Balaban J connectivity index is 0.000000168. The second kappa shape index (κ2) is 11.3. The lowest BCUT2D eigenvalue weighted by Crippen LogP contribution is -2.11. The second-order valence-electron chi connectivity index (χ2n) is 9.84. The molecule has 0 spiro atoms. The molecule has 42 heavy (non-hydrogen) atoms. The zero-order valence-corrected chi connectivity index (χ0v) is 24.9. The molecule has 8 heteroatoms. The van der Waals surface area contributed by atoms with Crippen molar-refractivity contribution in [3.05, 3.63) is 145 Å². The van der Waals surface area contributed by atoms with Crippen molar-refractivity contribution in [3.8, 4) is 0 Å². The summed E-state index contributed by atoms with van der Waals surface area (Å²) >= 11 is 0. The fraction of sp³-hybridized carbons (Fsp3) is 0.0588. The van der Waals surface area contributed by atoms with E-state index in [2.05, 4.69) is 13.2 Å². The van der Waals surface area contributed by atoms with Gasteiger partial charge in [0.2, 0.25) is 0 Å². The zero-order valence-electron chi connectivity index (χ0n) is 23.3. The Morgan fingerprint density at radius 1 is 0.524 bits per heavy atom. The van der Waals surface area contributed by atoms with E-state index in [1.165, 1.54) is 7.94 Å². The van der Waals surface area contributed by atoms with Gasteiger partial charge in [0.15, 0.2) is 0 Å². The summed E-state index contributed by atoms with van der Waals surface area (Å²) in [4.78, 5) is 0.564. The van der Waals surface area contributed by atoms with Gasteiger partial charge in [-0.25, -0.2) is 24.8 Å². The Morgan fingerprint density at radius 2 is 0.857 bits per heavy atom. The lowest BCUT2D eigenvalue weighted by atomic mass is 10.2. The molecule has 0 radical (unpaired) electrons. The first-order valence-corrected chi connectivity index (χ1v) is 16.1. The highest BCUT2D eigenvalue weighted by Crippen LogP contribution is 2.28. The van der Waals surface area contributed by atoms with Gasteiger partial charge in [0.25, 0.3) is 20.0 Å². The molecule has 0 fully saturated rings. The van der Waals surface area contributed by atoms with Crippen molar-refractivity contribution < 1.29 is 16.8 Å². The third kappa shape index (κ3) is 5.22. The molecule has 0 saturated carbocycles. The van der Waals surface area contributed by atoms with Crippen LogP contribution >= 0.6 is 0 Å². The number of fused-ring (bicyclic) bond motifs is 2. The maximum atomic E-state index is 12.8. The van der Waals surface area contributed by atoms with Crippen LogP contribution in [-0.4, -0.2) is 24.8 Å². The molecular weight excluding hydrogens is 565 g/mol. The van der Waals surface area contributed by atoms with Crippen molar-refractivity contribution in [2.24, 2.45) is 0 Å². The molecule has 6 rings (SSSR count). The molecule has 0 aliphatic heterocycles. The van der Waals surface area contributed by atoms with E-state index < -0.39 is 20.0 Å². The quantitative estimate of drug-likeness (QED) is 0.198. The summed E-state index contributed by atoms with van der Waals surface area (Å²) in [5.74, 6) is 0. The highest BCUT2D eigenvalue weighted by atomic mass is 32.2. The van der Waals surface area contributed by atoms with Gasteiger partial charge in [0.05, 0.1) is 20.8 Å². The topological polar surface area (TPSA) is 78.1 Å². The van der Waals surface area contributed by atoms with Gasteiger partial charge in [-0.05, 0) is 50.2 Å². The highest BCUT2D eigenvalue weighted by molar-refractivity contribution is 7.90. The van der Waals surface area contributed by atoms with Crippen molar-refractivity contribution in [2.75, 3.05) is 0 Å². The third-order valence-corrected chi connectivity index (χ3v) is 10.4. The van der Waals surface area contributed by atoms with Crippen LogP contribution in [0.15, 0.2) is 132 Å². The van der Waals surface area contributed by atoms with Gasteiger partial charge in [0, 0.05) is 34.3 Å². The normalized spacial score (nSPS) is 11.7. The highest BCUT2D eigenvalue weighted by Gasteiger charge is 2.21. The molecule has 2 heterocycles. The van der Waals surface area contributed by atoms with Gasteiger partial charge >= 0.3 is 0 Å². The number of rotatable bonds is 6. The number of aryl methyl sites for hydroxylation is 2. The van der Waals surface area contributed by atoms with E-state index in [0.717, 1.165) is 33.0 Å². The average Bonchev–Trinajstić information content (AvgIpc) is 3.58. The fourth-order valence-electron chi connectivity index (χ4n) is 4.72. The van der Waals surface area contributed by atoms with Crippen LogP contribution in [-0.2, 0) is 20.0 Å². The van der Waals surface area contributed by atoms with Crippen LogP contribution in [0.5, 0.6) is 0 Å². The summed E-state index contributed by atoms with van der Waals surface area (Å²) in [6.07, 6.45) is 6.58. The maximum absolute atomic E-state index is 12.8. The van der Waals surface area contributed by atoms with Crippen molar-refractivity contribution in [2.45, 2.75) is 23.6 Å². The van der Waals surface area contributed by atoms with Crippen LogP contribution in [0.3, 0.4) is 0 Å². The number of hydrogen-bond donors (Lipinski definition) is 0. The lowest BCUT2D eigenvalue weighted by molar-refractivity contribution is 0.587. The minimum atomic E-state index is -3.60. The van der Waals surface area contributed by atoms with Gasteiger partial charge in [-0.2, -0.15) is 0 Å². The Labute approximate surface area is 246 Å². The first-order valence-electron chi connectivity index (χ1n) is 13.2. The van der Waals surface area contributed by atoms with Gasteiger partial charge in [-0.15, -0.1) is 0 Å². The first-order chi connectivity index (χ1) is 20.1. The maximum Gasteiger partial charge on any atom is 0.268 e. The summed E-state index contributed by atoms with van der Waals surface area (Å²) in [5.41, 5.74) is 4.99. The number of benzene rings is 4. The van der Waals surface area contributed by atoms with E-state index in [1.54, 1.807) is 85.2 Å². The molecule has 0 unspecified atom stereocenters. The van der Waals surface area contributed by atoms with Crippen LogP contribution in [0.1, 0.15) is 22.3 Å². The summed E-state index contributed by atoms with van der Waals surface area (Å²) in [5, 5.41) is 1.76. The number of aromatic nitrogens is 2. The van der Waals surface area contributed by atoms with Crippen LogP contribution in [0.2, 0.25) is 0 Å². The molecule has 0 saturated heterocycles. The minimum Gasteiger partial charge on any atom is -0.241 e. The molecule has 6 nitrogen and oxygen atoms in total. The third-order valence-electron chi connectivity index (χ3n) is 7.01. The number of para-hydroxylation sites is 2. The minimum absolute atomic E-state index is 0.282. The summed E-state index contributed by atoms with van der Waals surface area (Å²) < 4.78 is 53.9. The van der Waals surface area contributed by atoms with Crippen molar-refractivity contribution in [1.29, 1.82) is 0 Å². The van der Waals surface area contributed by atoms with Crippen molar-refractivity contribution in [3.63, 3.8) is 0 Å². The van der Waals surface area contributed by atoms with Crippen LogP contribution in [0, 0.1) is 13.8 Å². The van der Waals surface area contributed by atoms with E-state index in [1.807, 2.05) is 50.2 Å². The Morgan fingerprint density at radius 3 is 1.19 bits per heavy atom. The molecule has 4 aromatic carbocycles. The SMILES string of the molecule is C=Cc1cn(S(=O)(=O)c2ccc(C)cc2)c2ccccc12.C=Cc1cn(S(=O)(=O)c2ccc(C)cc2)c2ccccc12. The van der Waals surface area contributed by atoms with Crippen LogP contribution < -0.4 is 0 Å². The molecule has 0 atom stereocenters. The van der Waals surface area contributed by atoms with Crippen molar-refractivity contribution in [1.82, 2.24) is 7.94 Å². The van der Waals surface area contributed by atoms with E-state index in [9.17, 15) is 16.8 Å². The van der Waals surface area contributed by atoms with E-state index in [4.69, 9.17) is 0 Å². The monoisotopic (exact) mass is 594 g/mol. The summed E-state index contributed by atoms with van der Waals surface area (Å²) in [6, 6.07) is 28.5. The Kier molecular flexibility index (Phi) is 7.77.